The van der Waals surface area contributed by atoms with Crippen LogP contribution in [-0.4, -0.2) is 14.9 Å². The van der Waals surface area contributed by atoms with Crippen molar-refractivity contribution in [1.29, 1.82) is 0 Å². The summed E-state index contributed by atoms with van der Waals surface area (Å²) in [5.74, 6) is 2.77. The van der Waals surface area contributed by atoms with Crippen molar-refractivity contribution in [3.05, 3.63) is 35.5 Å². The number of nitrogens with zero attached hydrogens (tertiary/aromatic N) is 2. The van der Waals surface area contributed by atoms with Crippen LogP contribution in [0.2, 0.25) is 0 Å². The van der Waals surface area contributed by atoms with Gasteiger partial charge in [0.05, 0.1) is 11.4 Å². The minimum atomic E-state index is 0.259. The predicted molar refractivity (Wildman–Crippen MR) is 64.6 cm³/mol. The van der Waals surface area contributed by atoms with Gasteiger partial charge >= 0.3 is 0 Å². The summed E-state index contributed by atoms with van der Waals surface area (Å²) in [6, 6.07) is 6.99. The SMILES string of the molecule is Nc1nn(-c2ccc(O)cc2)c2c1CSC2. The molecule has 16 heavy (non-hydrogen) atoms. The van der Waals surface area contributed by atoms with Crippen LogP contribution in [-0.2, 0) is 11.5 Å². The van der Waals surface area contributed by atoms with Gasteiger partial charge < -0.3 is 10.8 Å². The lowest BCUT2D eigenvalue weighted by atomic mass is 10.2. The topological polar surface area (TPSA) is 64.1 Å². The monoisotopic (exact) mass is 233 g/mol. The fraction of sp³-hybridized carbons (Fsp3) is 0.182. The molecule has 0 saturated heterocycles. The van der Waals surface area contributed by atoms with E-state index in [4.69, 9.17) is 5.73 Å². The lowest BCUT2D eigenvalue weighted by molar-refractivity contribution is 0.475. The number of anilines is 1. The minimum absolute atomic E-state index is 0.259. The zero-order valence-corrected chi connectivity index (χ0v) is 9.37. The second-order valence-corrected chi connectivity index (χ2v) is 4.72. The number of phenols is 1. The van der Waals surface area contributed by atoms with Crippen LogP contribution in [0, 0.1) is 0 Å². The van der Waals surface area contributed by atoms with E-state index in [1.807, 2.05) is 28.6 Å². The van der Waals surface area contributed by atoms with Gasteiger partial charge in [-0.05, 0) is 24.3 Å². The maximum absolute atomic E-state index is 9.24. The summed E-state index contributed by atoms with van der Waals surface area (Å²) in [5.41, 5.74) is 9.13. The minimum Gasteiger partial charge on any atom is -0.508 e. The molecule has 0 amide bonds. The normalized spacial score (nSPS) is 14.0. The van der Waals surface area contributed by atoms with Crippen molar-refractivity contribution in [2.45, 2.75) is 11.5 Å². The largest absolute Gasteiger partial charge is 0.508 e. The zero-order valence-electron chi connectivity index (χ0n) is 8.55. The fourth-order valence-corrected chi connectivity index (χ4v) is 2.98. The van der Waals surface area contributed by atoms with Gasteiger partial charge in [-0.15, -0.1) is 0 Å². The molecule has 0 bridgehead atoms. The van der Waals surface area contributed by atoms with Gasteiger partial charge in [0.25, 0.3) is 0 Å². The first-order chi connectivity index (χ1) is 7.75. The molecule has 0 radical (unpaired) electrons. The van der Waals surface area contributed by atoms with Crippen LogP contribution in [0.4, 0.5) is 5.82 Å². The molecule has 2 aromatic rings. The first-order valence-electron chi connectivity index (χ1n) is 4.99. The van der Waals surface area contributed by atoms with Crippen molar-refractivity contribution >= 4 is 17.6 Å². The molecule has 0 atom stereocenters. The summed E-state index contributed by atoms with van der Waals surface area (Å²) in [6.45, 7) is 0. The lowest BCUT2D eigenvalue weighted by Crippen LogP contribution is -2.00. The Kier molecular flexibility index (Phi) is 2.07. The van der Waals surface area contributed by atoms with Crippen molar-refractivity contribution in [1.82, 2.24) is 9.78 Å². The number of nitrogens with two attached hydrogens (primary N) is 1. The van der Waals surface area contributed by atoms with Crippen LogP contribution < -0.4 is 5.73 Å². The highest BCUT2D eigenvalue weighted by molar-refractivity contribution is 7.98. The third kappa shape index (κ3) is 1.36. The van der Waals surface area contributed by atoms with E-state index < -0.39 is 0 Å². The Morgan fingerprint density at radius 1 is 1.25 bits per heavy atom. The Morgan fingerprint density at radius 3 is 2.75 bits per heavy atom. The molecule has 3 N–H and O–H groups in total. The fourth-order valence-electron chi connectivity index (χ4n) is 1.87. The number of rotatable bonds is 1. The molecular formula is C11H11N3OS. The summed E-state index contributed by atoms with van der Waals surface area (Å²) in [4.78, 5) is 0. The number of fused-ring (bicyclic) bond motifs is 1. The number of hydrogen-bond donors (Lipinski definition) is 2. The number of benzene rings is 1. The van der Waals surface area contributed by atoms with Crippen molar-refractivity contribution in [2.75, 3.05) is 5.73 Å². The number of nitrogen functional groups attached to an aromatic ring is 1. The standard InChI is InChI=1S/C11H11N3OS/c12-11-9-5-16-6-10(9)14(13-11)7-1-3-8(15)4-2-7/h1-4,15H,5-6H2,(H2,12,13). The number of phenolic OH excluding ortho intramolecular Hbond substituents is 1. The van der Waals surface area contributed by atoms with Crippen LogP contribution in [0.1, 0.15) is 11.3 Å². The molecule has 0 aliphatic carbocycles. The van der Waals surface area contributed by atoms with Crippen molar-refractivity contribution in [3.63, 3.8) is 0 Å². The van der Waals surface area contributed by atoms with Crippen LogP contribution in [0.3, 0.4) is 0 Å². The van der Waals surface area contributed by atoms with E-state index in [2.05, 4.69) is 5.10 Å². The van der Waals surface area contributed by atoms with Gasteiger partial charge in [-0.1, -0.05) is 0 Å². The van der Waals surface area contributed by atoms with E-state index in [0.29, 0.717) is 5.82 Å². The van der Waals surface area contributed by atoms with Gasteiger partial charge in [0, 0.05) is 17.1 Å². The molecule has 2 heterocycles. The van der Waals surface area contributed by atoms with Crippen molar-refractivity contribution in [2.24, 2.45) is 0 Å². The van der Waals surface area contributed by atoms with Crippen LogP contribution in [0.25, 0.3) is 5.69 Å². The Hall–Kier alpha value is -1.62. The third-order valence-corrected chi connectivity index (χ3v) is 3.67. The second-order valence-electron chi connectivity index (χ2n) is 3.73. The van der Waals surface area contributed by atoms with E-state index in [0.717, 1.165) is 22.8 Å². The molecule has 5 heteroatoms. The van der Waals surface area contributed by atoms with Crippen molar-refractivity contribution < 1.29 is 5.11 Å². The number of aromatic hydroxyl groups is 1. The maximum atomic E-state index is 9.24. The van der Waals surface area contributed by atoms with Gasteiger partial charge in [0.1, 0.15) is 11.6 Å². The third-order valence-electron chi connectivity index (χ3n) is 2.70. The highest BCUT2D eigenvalue weighted by Gasteiger charge is 2.21. The van der Waals surface area contributed by atoms with Crippen LogP contribution in [0.5, 0.6) is 5.75 Å². The second kappa shape index (κ2) is 3.45. The lowest BCUT2D eigenvalue weighted by Gasteiger charge is -2.04. The number of thioether (sulfide) groups is 1. The summed E-state index contributed by atoms with van der Waals surface area (Å²) < 4.78 is 1.87. The summed E-state index contributed by atoms with van der Waals surface area (Å²) >= 11 is 1.85. The van der Waals surface area contributed by atoms with E-state index >= 15 is 0 Å². The summed E-state index contributed by atoms with van der Waals surface area (Å²) in [5, 5.41) is 13.6. The molecule has 0 fully saturated rings. The van der Waals surface area contributed by atoms with Gasteiger partial charge in [-0.2, -0.15) is 16.9 Å². The highest BCUT2D eigenvalue weighted by Crippen LogP contribution is 2.34. The molecule has 0 saturated carbocycles. The average molecular weight is 233 g/mol. The smallest absolute Gasteiger partial charge is 0.150 e. The first kappa shape index (κ1) is 9.59. The van der Waals surface area contributed by atoms with Gasteiger partial charge in [-0.3, -0.25) is 0 Å². The van der Waals surface area contributed by atoms with Gasteiger partial charge in [0.2, 0.25) is 0 Å². The zero-order chi connectivity index (χ0) is 11.1. The molecule has 4 nitrogen and oxygen atoms in total. The van der Waals surface area contributed by atoms with Gasteiger partial charge in [0.15, 0.2) is 0 Å². The summed E-state index contributed by atoms with van der Waals surface area (Å²) in [6.07, 6.45) is 0. The Balaban J connectivity index is 2.13. The predicted octanol–water partition coefficient (Wildman–Crippen LogP) is 1.91. The molecule has 0 spiro atoms. The maximum Gasteiger partial charge on any atom is 0.150 e. The summed E-state index contributed by atoms with van der Waals surface area (Å²) in [7, 11) is 0. The molecule has 3 rings (SSSR count). The van der Waals surface area contributed by atoms with Crippen LogP contribution >= 0.6 is 11.8 Å². The van der Waals surface area contributed by atoms with Gasteiger partial charge in [-0.25, -0.2) is 4.68 Å². The average Bonchev–Trinajstić information content (AvgIpc) is 2.84. The van der Waals surface area contributed by atoms with E-state index in [1.54, 1.807) is 12.1 Å². The van der Waals surface area contributed by atoms with E-state index in [1.165, 1.54) is 5.69 Å². The molecule has 1 aromatic carbocycles. The molecule has 0 unspecified atom stereocenters. The number of hydrogen-bond acceptors (Lipinski definition) is 4. The molecule has 82 valence electrons. The molecule has 1 aliphatic heterocycles. The van der Waals surface area contributed by atoms with E-state index in [-0.39, 0.29) is 5.75 Å². The Labute approximate surface area is 97.1 Å². The molecular weight excluding hydrogens is 222 g/mol. The quantitative estimate of drug-likeness (QED) is 0.789. The molecule has 1 aliphatic rings. The van der Waals surface area contributed by atoms with Crippen molar-refractivity contribution in [3.8, 4) is 11.4 Å². The Bertz CT molecular complexity index is 533. The first-order valence-corrected chi connectivity index (χ1v) is 6.14. The molecule has 1 aromatic heterocycles. The van der Waals surface area contributed by atoms with E-state index in [9.17, 15) is 5.11 Å². The highest BCUT2D eigenvalue weighted by atomic mass is 32.2. The van der Waals surface area contributed by atoms with Crippen LogP contribution in [0.15, 0.2) is 24.3 Å². The number of aromatic nitrogens is 2. The Morgan fingerprint density at radius 2 is 2.00 bits per heavy atom.